The molecule has 0 rings (SSSR count). The molecular weight excluding hydrogens is 846 g/mol. The van der Waals surface area contributed by atoms with Crippen LogP contribution in [0.4, 0.5) is 0 Å². The van der Waals surface area contributed by atoms with E-state index in [2.05, 4.69) is 102 Å². The summed E-state index contributed by atoms with van der Waals surface area (Å²) < 4.78 is 33.4. The van der Waals surface area contributed by atoms with Crippen molar-refractivity contribution in [2.45, 2.75) is 53.4 Å². The van der Waals surface area contributed by atoms with Gasteiger partial charge in [0.15, 0.2) is 12.4 Å². The maximum atomic E-state index is 13.7. The summed E-state index contributed by atoms with van der Waals surface area (Å²) in [5.41, 5.74) is -1.95. The topological polar surface area (TPSA) is 71.1 Å². The Morgan fingerprint density at radius 3 is 1.71 bits per heavy atom. The second kappa shape index (κ2) is 13.2. The van der Waals surface area contributed by atoms with Gasteiger partial charge in [-0.15, -0.1) is 0 Å². The molecule has 0 bridgehead atoms. The molecule has 0 aromatic heterocycles. The first-order valence-corrected chi connectivity index (χ1v) is 16.1. The molecule has 1 unspecified atom stereocenters. The summed E-state index contributed by atoms with van der Waals surface area (Å²) in [6, 6.07) is 0. The van der Waals surface area contributed by atoms with Crippen LogP contribution < -0.4 is 0 Å². The van der Waals surface area contributed by atoms with Crippen molar-refractivity contribution in [2.24, 2.45) is 10.8 Å². The molecule has 0 aliphatic rings. The number of esters is 1. The molecule has 0 fully saturated rings. The van der Waals surface area contributed by atoms with Crippen LogP contribution in [-0.4, -0.2) is 35.6 Å². The molecular formula is C17H26Br6ClO6P. The largest absolute Gasteiger partial charge is 0.479 e. The number of ether oxygens (including phenoxy) is 1. The fraction of sp³-hybridized carbons (Fsp3) is 0.824. The molecule has 0 heterocycles. The molecule has 0 aliphatic carbocycles. The molecule has 0 N–H and O–H groups in total. The Morgan fingerprint density at radius 2 is 1.39 bits per heavy atom. The first-order valence-electron chi connectivity index (χ1n) is 8.80. The number of halogens is 7. The number of carbonyl (C=O) groups is 1. The number of hydrogen-bond acceptors (Lipinski definition) is 6. The highest BCUT2D eigenvalue weighted by Gasteiger charge is 2.53. The molecule has 1 atom stereocenters. The van der Waals surface area contributed by atoms with E-state index in [4.69, 9.17) is 29.9 Å². The molecule has 0 radical (unpaired) electrons. The summed E-state index contributed by atoms with van der Waals surface area (Å²) >= 11 is 26.6. The summed E-state index contributed by atoms with van der Waals surface area (Å²) in [4.78, 5) is 11.6. The third kappa shape index (κ3) is 10.6. The standard InChI is InChI=1S/C17H26Br6ClO6P/c1-11(2)13(25)28-12(24)7-8-27-31(26,29-16(20,21)14(3,4)9-18)30-17(22,23)15(5,6)10-19/h12H,1,7-10H2,2-6H3. The smallest absolute Gasteiger partial charge is 0.443 e. The van der Waals surface area contributed by atoms with Gasteiger partial charge in [0.1, 0.15) is 0 Å². The predicted molar refractivity (Wildman–Crippen MR) is 147 cm³/mol. The number of rotatable bonds is 14. The quantitative estimate of drug-likeness (QED) is 0.0752. The Kier molecular flexibility index (Phi) is 14.2. The zero-order valence-electron chi connectivity index (χ0n) is 17.7. The highest BCUT2D eigenvalue weighted by Crippen LogP contribution is 2.65. The minimum Gasteiger partial charge on any atom is -0.443 e. The summed E-state index contributed by atoms with van der Waals surface area (Å²) in [6.45, 7) is 12.3. The van der Waals surface area contributed by atoms with E-state index < -0.39 is 37.0 Å². The zero-order chi connectivity index (χ0) is 24.9. The van der Waals surface area contributed by atoms with Gasteiger partial charge in [-0.05, 0) is 70.6 Å². The van der Waals surface area contributed by atoms with Crippen LogP contribution >= 0.6 is 115 Å². The van der Waals surface area contributed by atoms with Gasteiger partial charge in [-0.1, -0.05) is 77.7 Å². The van der Waals surface area contributed by atoms with Crippen molar-refractivity contribution >= 4 is 121 Å². The maximum Gasteiger partial charge on any atom is 0.479 e. The van der Waals surface area contributed by atoms with E-state index in [1.165, 1.54) is 6.92 Å². The number of alkyl halides is 7. The van der Waals surface area contributed by atoms with Gasteiger partial charge in [0, 0.05) is 33.5 Å². The highest BCUT2D eigenvalue weighted by molar-refractivity contribution is 9.25. The minimum absolute atomic E-state index is 0.0378. The summed E-state index contributed by atoms with van der Waals surface area (Å²) in [6.07, 6.45) is 0.0378. The Morgan fingerprint density at radius 1 is 1.00 bits per heavy atom. The molecule has 0 aliphatic heterocycles. The van der Waals surface area contributed by atoms with Crippen molar-refractivity contribution in [3.05, 3.63) is 12.2 Å². The zero-order valence-corrected chi connectivity index (χ0v) is 28.8. The van der Waals surface area contributed by atoms with Crippen LogP contribution in [-0.2, 0) is 27.7 Å². The van der Waals surface area contributed by atoms with Gasteiger partial charge in [-0.25, -0.2) is 9.36 Å². The average molecular weight is 872 g/mol. The first kappa shape index (κ1) is 33.5. The van der Waals surface area contributed by atoms with Crippen molar-refractivity contribution < 1.29 is 27.7 Å². The van der Waals surface area contributed by atoms with E-state index in [1.807, 2.05) is 27.7 Å². The number of hydrogen-bond donors (Lipinski definition) is 0. The number of phosphoric acid groups is 1. The van der Waals surface area contributed by atoms with Crippen molar-refractivity contribution in [2.75, 3.05) is 17.3 Å². The van der Waals surface area contributed by atoms with Crippen LogP contribution in [0.3, 0.4) is 0 Å². The Hall–Kier alpha value is 2.49. The first-order chi connectivity index (χ1) is 13.8. The second-order valence-electron chi connectivity index (χ2n) is 7.92. The normalized spacial score (nSPS) is 15.0. The van der Waals surface area contributed by atoms with E-state index in [1.54, 1.807) is 0 Å². The van der Waals surface area contributed by atoms with Gasteiger partial charge in [0.25, 0.3) is 0 Å². The Balaban J connectivity index is 5.62. The molecule has 0 spiro atoms. The highest BCUT2D eigenvalue weighted by atomic mass is 79.9. The summed E-state index contributed by atoms with van der Waals surface area (Å²) in [5.74, 6) is -0.631. The average Bonchev–Trinajstić information content (AvgIpc) is 2.59. The van der Waals surface area contributed by atoms with E-state index >= 15 is 0 Å². The van der Waals surface area contributed by atoms with Crippen LogP contribution in [0.2, 0.25) is 0 Å². The van der Waals surface area contributed by atoms with Crippen molar-refractivity contribution in [1.82, 2.24) is 0 Å². The van der Waals surface area contributed by atoms with Gasteiger partial charge >= 0.3 is 13.8 Å². The number of carbonyl (C=O) groups excluding carboxylic acids is 1. The molecule has 0 saturated heterocycles. The molecule has 31 heavy (non-hydrogen) atoms. The van der Waals surface area contributed by atoms with Gasteiger partial charge in [-0.2, -0.15) is 0 Å². The fourth-order valence-corrected chi connectivity index (χ4v) is 7.97. The van der Waals surface area contributed by atoms with Gasteiger partial charge in [0.2, 0.25) is 0 Å². The third-order valence-corrected chi connectivity index (χ3v) is 14.4. The van der Waals surface area contributed by atoms with Crippen molar-refractivity contribution in [1.29, 1.82) is 0 Å². The molecule has 184 valence electrons. The van der Waals surface area contributed by atoms with E-state index in [0.717, 1.165) is 0 Å². The predicted octanol–water partition coefficient (Wildman–Crippen LogP) is 8.95. The summed E-state index contributed by atoms with van der Waals surface area (Å²) in [7, 11) is -4.24. The van der Waals surface area contributed by atoms with Crippen molar-refractivity contribution in [3.63, 3.8) is 0 Å². The van der Waals surface area contributed by atoms with Crippen molar-refractivity contribution in [3.8, 4) is 0 Å². The Bertz CT molecular complexity index is 654. The monoisotopic (exact) mass is 866 g/mol. The van der Waals surface area contributed by atoms with Gasteiger partial charge in [-0.3, -0.25) is 13.6 Å². The lowest BCUT2D eigenvalue weighted by molar-refractivity contribution is -0.141. The molecule has 0 saturated carbocycles. The summed E-state index contributed by atoms with van der Waals surface area (Å²) in [5, 5.41) is 0.996. The fourth-order valence-electron chi connectivity index (χ4n) is 1.29. The lowest BCUT2D eigenvalue weighted by atomic mass is 9.98. The Labute approximate surface area is 240 Å². The van der Waals surface area contributed by atoms with Crippen LogP contribution in [0.1, 0.15) is 41.0 Å². The molecule has 0 amide bonds. The van der Waals surface area contributed by atoms with E-state index in [9.17, 15) is 9.36 Å². The van der Waals surface area contributed by atoms with Crippen LogP contribution in [0, 0.1) is 10.8 Å². The molecule has 14 heteroatoms. The van der Waals surface area contributed by atoms with Crippen LogP contribution in [0.25, 0.3) is 0 Å². The van der Waals surface area contributed by atoms with Crippen LogP contribution in [0.5, 0.6) is 0 Å². The van der Waals surface area contributed by atoms with Gasteiger partial charge in [0.05, 0.1) is 6.61 Å². The van der Waals surface area contributed by atoms with Gasteiger partial charge < -0.3 is 4.74 Å². The SMILES string of the molecule is C=C(C)C(=O)OC(Cl)CCOP(=O)(OC(Br)(Br)C(C)(C)CBr)OC(Br)(Br)C(C)(C)CBr. The minimum atomic E-state index is -4.24. The molecule has 6 nitrogen and oxygen atoms in total. The number of phosphoric ester groups is 1. The molecule has 0 aromatic carbocycles. The third-order valence-electron chi connectivity index (χ3n) is 3.87. The van der Waals surface area contributed by atoms with E-state index in [-0.39, 0.29) is 18.6 Å². The lowest BCUT2D eigenvalue weighted by Crippen LogP contribution is -2.40. The maximum absolute atomic E-state index is 13.7. The second-order valence-corrected chi connectivity index (χ2v) is 17.6. The van der Waals surface area contributed by atoms with E-state index in [0.29, 0.717) is 10.7 Å². The molecule has 0 aromatic rings. The van der Waals surface area contributed by atoms with Crippen LogP contribution in [0.15, 0.2) is 12.2 Å². The lowest BCUT2D eigenvalue weighted by Gasteiger charge is -2.41.